The van der Waals surface area contributed by atoms with Gasteiger partial charge in [0.15, 0.2) is 11.6 Å². The number of amides is 1. The van der Waals surface area contributed by atoms with E-state index in [1.807, 2.05) is 6.92 Å². The first-order valence-corrected chi connectivity index (χ1v) is 11.7. The number of carbonyl (C=O) groups excluding carboxylic acids is 1. The standard InChI is InChI=1S/C25H22F3N7O3/c1-12-5-8-16(32-12)23(36)34-18-9-13(25(26,27)28)6-7-14(18)17-10-20(31-11-30-17)38-19-4-2-3-15-21(19)35-22(29)24(37)33-15/h2-4,6-7,9-12,16,32H,5,8H2,1H3,(H2,29,35)(H,33,37)(H,34,36)/t12-,16+/m1/s1. The molecule has 1 aliphatic heterocycles. The molecule has 1 saturated heterocycles. The lowest BCUT2D eigenvalue weighted by molar-refractivity contribution is -0.137. The van der Waals surface area contributed by atoms with E-state index in [1.54, 1.807) is 18.2 Å². The number of carbonyl (C=O) groups is 1. The van der Waals surface area contributed by atoms with Gasteiger partial charge in [-0.05, 0) is 44.0 Å². The van der Waals surface area contributed by atoms with Crippen LogP contribution in [0.5, 0.6) is 11.6 Å². The van der Waals surface area contributed by atoms with Gasteiger partial charge in [-0.25, -0.2) is 15.0 Å². The molecule has 1 fully saturated rings. The van der Waals surface area contributed by atoms with Crippen LogP contribution in [-0.4, -0.2) is 37.9 Å². The van der Waals surface area contributed by atoms with E-state index in [4.69, 9.17) is 10.5 Å². The fourth-order valence-corrected chi connectivity index (χ4v) is 4.23. The van der Waals surface area contributed by atoms with Crippen LogP contribution < -0.4 is 26.7 Å². The van der Waals surface area contributed by atoms with Crippen molar-refractivity contribution in [1.29, 1.82) is 0 Å². The number of fused-ring (bicyclic) bond motifs is 1. The zero-order chi connectivity index (χ0) is 27.0. The lowest BCUT2D eigenvalue weighted by Crippen LogP contribution is -2.38. The quantitative estimate of drug-likeness (QED) is 0.307. The Bertz CT molecular complexity index is 1590. The molecule has 2 aromatic carbocycles. The monoisotopic (exact) mass is 525 g/mol. The van der Waals surface area contributed by atoms with E-state index in [1.165, 1.54) is 18.5 Å². The van der Waals surface area contributed by atoms with E-state index in [-0.39, 0.29) is 46.0 Å². The Labute approximate surface area is 213 Å². The van der Waals surface area contributed by atoms with Crippen LogP contribution in [0.4, 0.5) is 24.7 Å². The average Bonchev–Trinajstić information content (AvgIpc) is 3.31. The molecule has 5 rings (SSSR count). The number of nitrogens with two attached hydrogens (primary N) is 1. The number of nitrogen functional groups attached to an aromatic ring is 1. The summed E-state index contributed by atoms with van der Waals surface area (Å²) in [7, 11) is 0. The number of halogens is 3. The van der Waals surface area contributed by atoms with Crippen LogP contribution in [0.15, 0.2) is 53.6 Å². The van der Waals surface area contributed by atoms with Gasteiger partial charge in [-0.1, -0.05) is 12.1 Å². The van der Waals surface area contributed by atoms with Crippen molar-refractivity contribution < 1.29 is 22.7 Å². The Hall–Kier alpha value is -4.52. The van der Waals surface area contributed by atoms with Crippen molar-refractivity contribution in [1.82, 2.24) is 25.3 Å². The molecule has 2 aromatic heterocycles. The molecule has 0 aliphatic carbocycles. The minimum absolute atomic E-state index is 0.0481. The van der Waals surface area contributed by atoms with Crippen molar-refractivity contribution in [3.8, 4) is 22.9 Å². The van der Waals surface area contributed by atoms with Crippen LogP contribution in [0.25, 0.3) is 22.3 Å². The van der Waals surface area contributed by atoms with Crippen molar-refractivity contribution in [3.63, 3.8) is 0 Å². The highest BCUT2D eigenvalue weighted by Crippen LogP contribution is 2.37. The molecule has 13 heteroatoms. The zero-order valence-electron chi connectivity index (χ0n) is 20.0. The largest absolute Gasteiger partial charge is 0.437 e. The molecular weight excluding hydrogens is 503 g/mol. The van der Waals surface area contributed by atoms with Gasteiger partial charge in [0.1, 0.15) is 11.8 Å². The minimum atomic E-state index is -4.61. The van der Waals surface area contributed by atoms with E-state index < -0.39 is 29.2 Å². The topological polar surface area (TPSA) is 148 Å². The molecule has 1 amide bonds. The predicted octanol–water partition coefficient (Wildman–Crippen LogP) is 3.85. The Morgan fingerprint density at radius 2 is 1.97 bits per heavy atom. The summed E-state index contributed by atoms with van der Waals surface area (Å²) >= 11 is 0. The smallest absolute Gasteiger partial charge is 0.416 e. The van der Waals surface area contributed by atoms with E-state index in [2.05, 4.69) is 30.6 Å². The van der Waals surface area contributed by atoms with Gasteiger partial charge in [-0.15, -0.1) is 0 Å². The normalized spacial score (nSPS) is 17.5. The first-order chi connectivity index (χ1) is 18.1. The van der Waals surface area contributed by atoms with Crippen molar-refractivity contribution in [2.24, 2.45) is 0 Å². The molecule has 0 spiro atoms. The van der Waals surface area contributed by atoms with Crippen molar-refractivity contribution in [3.05, 3.63) is 64.7 Å². The summed E-state index contributed by atoms with van der Waals surface area (Å²) in [5, 5.41) is 5.75. The number of rotatable bonds is 5. The summed E-state index contributed by atoms with van der Waals surface area (Å²) in [5.41, 5.74) is 5.27. The van der Waals surface area contributed by atoms with Gasteiger partial charge in [0, 0.05) is 17.7 Å². The van der Waals surface area contributed by atoms with Gasteiger partial charge in [0.25, 0.3) is 5.56 Å². The summed E-state index contributed by atoms with van der Waals surface area (Å²) in [6.07, 6.45) is -2.07. The molecule has 4 aromatic rings. The van der Waals surface area contributed by atoms with Crippen LogP contribution in [0, 0.1) is 0 Å². The van der Waals surface area contributed by atoms with Gasteiger partial charge < -0.3 is 26.1 Å². The molecule has 10 nitrogen and oxygen atoms in total. The molecule has 0 saturated carbocycles. The van der Waals surface area contributed by atoms with Crippen LogP contribution in [0.3, 0.4) is 0 Å². The van der Waals surface area contributed by atoms with Crippen molar-refractivity contribution in [2.75, 3.05) is 11.1 Å². The third kappa shape index (κ3) is 5.13. The van der Waals surface area contributed by atoms with Gasteiger partial charge in [-0.2, -0.15) is 13.2 Å². The molecule has 0 radical (unpaired) electrons. The Balaban J connectivity index is 1.50. The van der Waals surface area contributed by atoms with Crippen molar-refractivity contribution in [2.45, 2.75) is 38.0 Å². The number of aromatic amines is 1. The number of anilines is 2. The number of alkyl halides is 3. The summed E-state index contributed by atoms with van der Waals surface area (Å²) in [6, 6.07) is 8.91. The summed E-state index contributed by atoms with van der Waals surface area (Å²) < 4.78 is 46.3. The second kappa shape index (κ2) is 9.74. The maximum atomic E-state index is 13.5. The van der Waals surface area contributed by atoms with Crippen LogP contribution in [-0.2, 0) is 11.0 Å². The number of benzene rings is 2. The highest BCUT2D eigenvalue weighted by molar-refractivity contribution is 5.98. The van der Waals surface area contributed by atoms with E-state index in [0.29, 0.717) is 11.9 Å². The van der Waals surface area contributed by atoms with Crippen LogP contribution >= 0.6 is 0 Å². The minimum Gasteiger partial charge on any atom is -0.437 e. The van der Waals surface area contributed by atoms with Gasteiger partial charge in [0.05, 0.1) is 28.5 Å². The number of hydrogen-bond acceptors (Lipinski definition) is 8. The van der Waals surface area contributed by atoms with Gasteiger partial charge in [-0.3, -0.25) is 9.59 Å². The number of ether oxygens (including phenoxy) is 1. The third-order valence-corrected chi connectivity index (χ3v) is 6.14. The van der Waals surface area contributed by atoms with Gasteiger partial charge in [0.2, 0.25) is 11.8 Å². The number of hydrogen-bond donors (Lipinski definition) is 4. The Morgan fingerprint density at radius 1 is 1.16 bits per heavy atom. The molecule has 196 valence electrons. The molecular formula is C25H22F3N7O3. The molecule has 5 N–H and O–H groups in total. The Kier molecular flexibility index (Phi) is 6.45. The fourth-order valence-electron chi connectivity index (χ4n) is 4.23. The first kappa shape index (κ1) is 25.1. The molecule has 38 heavy (non-hydrogen) atoms. The SMILES string of the molecule is C[C@@H]1CC[C@@H](C(=O)Nc2cc(C(F)(F)F)ccc2-c2cc(Oc3cccc4[nH]c(=O)c(N)nc34)ncn2)N1. The Morgan fingerprint density at radius 3 is 2.71 bits per heavy atom. The number of H-pyrrole nitrogens is 1. The van der Waals surface area contributed by atoms with E-state index in [0.717, 1.165) is 18.6 Å². The second-order valence-corrected chi connectivity index (χ2v) is 8.89. The average molecular weight is 525 g/mol. The molecule has 1 aliphatic rings. The summed E-state index contributed by atoms with van der Waals surface area (Å²) in [5.74, 6) is -0.392. The molecule has 2 atom stereocenters. The number of nitrogens with one attached hydrogen (secondary N) is 3. The first-order valence-electron chi connectivity index (χ1n) is 11.7. The molecule has 0 bridgehead atoms. The highest BCUT2D eigenvalue weighted by Gasteiger charge is 2.32. The van der Waals surface area contributed by atoms with Crippen LogP contribution in [0.1, 0.15) is 25.3 Å². The van der Waals surface area contributed by atoms with Crippen LogP contribution in [0.2, 0.25) is 0 Å². The maximum Gasteiger partial charge on any atom is 0.416 e. The number of aromatic nitrogens is 4. The summed E-state index contributed by atoms with van der Waals surface area (Å²) in [6.45, 7) is 1.93. The predicted molar refractivity (Wildman–Crippen MR) is 134 cm³/mol. The third-order valence-electron chi connectivity index (χ3n) is 6.14. The zero-order valence-corrected chi connectivity index (χ0v) is 20.0. The molecule has 3 heterocycles. The lowest BCUT2D eigenvalue weighted by Gasteiger charge is -2.17. The van der Waals surface area contributed by atoms with E-state index in [9.17, 15) is 22.8 Å². The lowest BCUT2D eigenvalue weighted by atomic mass is 10.0. The van der Waals surface area contributed by atoms with Crippen molar-refractivity contribution >= 4 is 28.4 Å². The maximum absolute atomic E-state index is 13.5. The second-order valence-electron chi connectivity index (χ2n) is 8.89. The highest BCUT2D eigenvalue weighted by atomic mass is 19.4. The molecule has 0 unspecified atom stereocenters. The fraction of sp³-hybridized carbons (Fsp3) is 0.240. The van der Waals surface area contributed by atoms with Gasteiger partial charge >= 0.3 is 6.18 Å². The number of para-hydroxylation sites is 1. The number of nitrogens with zero attached hydrogens (tertiary/aromatic N) is 3. The summed E-state index contributed by atoms with van der Waals surface area (Å²) in [4.78, 5) is 39.6. The van der Waals surface area contributed by atoms with E-state index >= 15 is 0 Å².